The molecule has 0 spiro atoms. The maximum absolute atomic E-state index is 11.7. The van der Waals surface area contributed by atoms with E-state index >= 15 is 0 Å². The second kappa shape index (κ2) is 9.10. The van der Waals surface area contributed by atoms with Crippen molar-refractivity contribution in [1.29, 1.82) is 0 Å². The molecule has 3 aromatic rings. The van der Waals surface area contributed by atoms with Gasteiger partial charge in [-0.2, -0.15) is 27.1 Å². The molecule has 0 aromatic heterocycles. The van der Waals surface area contributed by atoms with E-state index in [2.05, 4.69) is 15.2 Å². The summed E-state index contributed by atoms with van der Waals surface area (Å²) in [5, 5.41) is 18.1. The fourth-order valence-corrected chi connectivity index (χ4v) is 4.14. The summed E-state index contributed by atoms with van der Waals surface area (Å²) in [6.07, 6.45) is 1.45. The number of nitrogens with two attached hydrogens (primary N) is 1. The fourth-order valence-electron chi connectivity index (χ4n) is 2.78. The van der Waals surface area contributed by atoms with Crippen molar-refractivity contribution in [3.05, 3.63) is 54.1 Å². The summed E-state index contributed by atoms with van der Waals surface area (Å²) in [5.41, 5.74) is 6.39. The Labute approximate surface area is 183 Å². The maximum atomic E-state index is 11.7. The monoisotopic (exact) mass is 478 g/mol. The number of phenols is 1. The van der Waals surface area contributed by atoms with E-state index < -0.39 is 30.0 Å². The van der Waals surface area contributed by atoms with E-state index in [0.29, 0.717) is 30.4 Å². The highest BCUT2D eigenvalue weighted by Gasteiger charge is 2.20. The van der Waals surface area contributed by atoms with Crippen molar-refractivity contribution in [2.45, 2.75) is 9.79 Å². The number of fused-ring (bicyclic) bond motifs is 1. The average Bonchev–Trinajstić information content (AvgIpc) is 2.71. The van der Waals surface area contributed by atoms with Gasteiger partial charge in [0.15, 0.2) is 0 Å². The molecule has 0 saturated carbocycles. The molecule has 0 fully saturated rings. The summed E-state index contributed by atoms with van der Waals surface area (Å²) < 4.78 is 65.1. The van der Waals surface area contributed by atoms with Gasteiger partial charge in [0.2, 0.25) is 0 Å². The number of azo groups is 1. The molecule has 3 aromatic carbocycles. The van der Waals surface area contributed by atoms with Crippen LogP contribution in [0.5, 0.6) is 5.75 Å². The van der Waals surface area contributed by atoms with Crippen LogP contribution in [0.15, 0.2) is 73.5 Å². The standard InChI is InChI=1S/C19H18N4O7S2/c20-5-6-21-11-13-8-15(2-4-18(13)24)23-22-14-1-3-17-12(7-14)9-16(31(25,26)27)10-19(17)32(28,29)30/h1-4,7-11,24H,5-6,20H2,(H,25,26,27)(H,28,29,30). The van der Waals surface area contributed by atoms with Crippen molar-refractivity contribution in [3.8, 4) is 5.75 Å². The lowest BCUT2D eigenvalue weighted by molar-refractivity contribution is 0.474. The van der Waals surface area contributed by atoms with Crippen LogP contribution in [0, 0.1) is 0 Å². The van der Waals surface area contributed by atoms with Crippen LogP contribution in [0.4, 0.5) is 11.4 Å². The average molecular weight is 479 g/mol. The van der Waals surface area contributed by atoms with Gasteiger partial charge in [0.1, 0.15) is 10.6 Å². The Morgan fingerprint density at radius 3 is 2.16 bits per heavy atom. The minimum Gasteiger partial charge on any atom is -0.507 e. The quantitative estimate of drug-likeness (QED) is 0.226. The van der Waals surface area contributed by atoms with Gasteiger partial charge >= 0.3 is 0 Å². The first-order chi connectivity index (χ1) is 15.0. The van der Waals surface area contributed by atoms with Crippen LogP contribution >= 0.6 is 0 Å². The molecule has 168 valence electrons. The maximum Gasteiger partial charge on any atom is 0.295 e. The summed E-state index contributed by atoms with van der Waals surface area (Å²) in [4.78, 5) is 2.67. The molecule has 0 amide bonds. The van der Waals surface area contributed by atoms with Gasteiger partial charge in [-0.15, -0.1) is 0 Å². The van der Waals surface area contributed by atoms with Gasteiger partial charge < -0.3 is 10.8 Å². The largest absolute Gasteiger partial charge is 0.507 e. The lowest BCUT2D eigenvalue weighted by Crippen LogP contribution is -2.04. The van der Waals surface area contributed by atoms with Crippen molar-refractivity contribution in [2.75, 3.05) is 13.1 Å². The molecule has 0 atom stereocenters. The number of phenolic OH excluding ortho intramolecular Hbond substituents is 1. The van der Waals surface area contributed by atoms with E-state index in [1.165, 1.54) is 42.6 Å². The molecule has 11 nitrogen and oxygen atoms in total. The number of nitrogens with zero attached hydrogens (tertiary/aromatic N) is 3. The topological polar surface area (TPSA) is 192 Å². The van der Waals surface area contributed by atoms with Crippen LogP contribution in [0.25, 0.3) is 10.8 Å². The van der Waals surface area contributed by atoms with E-state index in [1.807, 2.05) is 0 Å². The Kier molecular flexibility index (Phi) is 6.66. The van der Waals surface area contributed by atoms with Gasteiger partial charge in [0.05, 0.1) is 22.8 Å². The van der Waals surface area contributed by atoms with E-state index in [4.69, 9.17) is 5.73 Å². The molecule has 3 rings (SSSR count). The summed E-state index contributed by atoms with van der Waals surface area (Å²) >= 11 is 0. The molecule has 13 heteroatoms. The third-order valence-electron chi connectivity index (χ3n) is 4.23. The zero-order chi connectivity index (χ0) is 23.5. The Morgan fingerprint density at radius 2 is 1.53 bits per heavy atom. The molecule has 5 N–H and O–H groups in total. The Balaban J connectivity index is 2.04. The summed E-state index contributed by atoms with van der Waals surface area (Å²) in [7, 11) is -9.51. The van der Waals surface area contributed by atoms with Crippen LogP contribution in [-0.2, 0) is 20.2 Å². The highest BCUT2D eigenvalue weighted by atomic mass is 32.2. The first-order valence-electron chi connectivity index (χ1n) is 8.96. The second-order valence-electron chi connectivity index (χ2n) is 6.54. The molecule has 0 heterocycles. The second-order valence-corrected chi connectivity index (χ2v) is 9.36. The molecule has 0 aliphatic rings. The first-order valence-corrected chi connectivity index (χ1v) is 11.8. The van der Waals surface area contributed by atoms with Gasteiger partial charge in [-0.05, 0) is 47.9 Å². The van der Waals surface area contributed by atoms with Gasteiger partial charge in [0.25, 0.3) is 20.2 Å². The zero-order valence-corrected chi connectivity index (χ0v) is 18.0. The number of rotatable bonds is 7. The van der Waals surface area contributed by atoms with Crippen LogP contribution < -0.4 is 5.73 Å². The highest BCUT2D eigenvalue weighted by Crippen LogP contribution is 2.31. The minimum absolute atomic E-state index is 0.00842. The zero-order valence-electron chi connectivity index (χ0n) is 16.3. The SMILES string of the molecule is NCCN=Cc1cc(N=Nc2ccc3c(S(=O)(=O)O)cc(S(=O)(=O)O)cc3c2)ccc1O. The lowest BCUT2D eigenvalue weighted by atomic mass is 10.1. The van der Waals surface area contributed by atoms with Crippen LogP contribution in [0.2, 0.25) is 0 Å². The van der Waals surface area contributed by atoms with Crippen LogP contribution in [0.1, 0.15) is 5.56 Å². The van der Waals surface area contributed by atoms with Gasteiger partial charge in [-0.3, -0.25) is 14.1 Å². The molecule has 0 unspecified atom stereocenters. The van der Waals surface area contributed by atoms with E-state index in [-0.39, 0.29) is 22.2 Å². The molecule has 32 heavy (non-hydrogen) atoms. The van der Waals surface area contributed by atoms with Gasteiger partial charge in [0, 0.05) is 23.7 Å². The fraction of sp³-hybridized carbons (Fsp3) is 0.105. The predicted molar refractivity (Wildman–Crippen MR) is 117 cm³/mol. The highest BCUT2D eigenvalue weighted by molar-refractivity contribution is 7.86. The molecule has 0 radical (unpaired) electrons. The normalized spacial score (nSPS) is 12.8. The van der Waals surface area contributed by atoms with E-state index in [0.717, 1.165) is 6.07 Å². The molecule has 0 saturated heterocycles. The van der Waals surface area contributed by atoms with E-state index in [9.17, 15) is 31.0 Å². The lowest BCUT2D eigenvalue weighted by Gasteiger charge is -2.07. The third kappa shape index (κ3) is 5.52. The van der Waals surface area contributed by atoms with Crippen LogP contribution in [-0.4, -0.2) is 50.4 Å². The van der Waals surface area contributed by atoms with E-state index in [1.54, 1.807) is 0 Å². The third-order valence-corrected chi connectivity index (χ3v) is 5.95. The Bertz CT molecular complexity index is 1450. The Morgan fingerprint density at radius 1 is 0.875 bits per heavy atom. The van der Waals surface area contributed by atoms with Crippen molar-refractivity contribution < 1.29 is 31.0 Å². The molecular formula is C19H18N4O7S2. The van der Waals surface area contributed by atoms with Crippen molar-refractivity contribution in [2.24, 2.45) is 21.0 Å². The first kappa shape index (κ1) is 23.4. The van der Waals surface area contributed by atoms with Crippen LogP contribution in [0.3, 0.4) is 0 Å². The molecular weight excluding hydrogens is 460 g/mol. The predicted octanol–water partition coefficient (Wildman–Crippen LogP) is 2.83. The van der Waals surface area contributed by atoms with Gasteiger partial charge in [-0.25, -0.2) is 0 Å². The summed E-state index contributed by atoms with van der Waals surface area (Å²) in [6.45, 7) is 0.747. The van der Waals surface area contributed by atoms with Crippen molar-refractivity contribution >= 4 is 48.6 Å². The number of aromatic hydroxyl groups is 1. The number of aliphatic imine (C=N–C) groups is 1. The van der Waals surface area contributed by atoms with Gasteiger partial charge in [-0.1, -0.05) is 6.07 Å². The number of benzene rings is 3. The summed E-state index contributed by atoms with van der Waals surface area (Å²) in [5.74, 6) is -0.00842. The Hall–Kier alpha value is -3.23. The van der Waals surface area contributed by atoms with Crippen molar-refractivity contribution in [3.63, 3.8) is 0 Å². The summed E-state index contributed by atoms with van der Waals surface area (Å²) in [6, 6.07) is 10.2. The number of hydrogen-bond donors (Lipinski definition) is 4. The molecule has 0 bridgehead atoms. The number of hydrogen-bond acceptors (Lipinski definition) is 9. The molecule has 0 aliphatic carbocycles. The smallest absolute Gasteiger partial charge is 0.295 e. The van der Waals surface area contributed by atoms with Crippen molar-refractivity contribution in [1.82, 2.24) is 0 Å². The molecule has 0 aliphatic heterocycles. The minimum atomic E-state index is -4.77.